The van der Waals surface area contributed by atoms with Crippen molar-refractivity contribution in [3.05, 3.63) is 73.0 Å². The monoisotopic (exact) mass is 527 g/mol. The number of halogens is 1. The summed E-state index contributed by atoms with van der Waals surface area (Å²) >= 11 is 4.67. The van der Waals surface area contributed by atoms with Crippen LogP contribution in [0.25, 0.3) is 11.0 Å². The van der Waals surface area contributed by atoms with Crippen molar-refractivity contribution in [3.8, 4) is 11.5 Å². The average molecular weight is 528 g/mol. The molecule has 1 amide bonds. The number of anilines is 1. The van der Waals surface area contributed by atoms with Gasteiger partial charge in [-0.25, -0.2) is 0 Å². The Morgan fingerprint density at radius 3 is 2.67 bits per heavy atom. The van der Waals surface area contributed by atoms with Crippen molar-refractivity contribution in [2.45, 2.75) is 19.9 Å². The van der Waals surface area contributed by atoms with Gasteiger partial charge in [-0.3, -0.25) is 14.5 Å². The molecule has 33 heavy (non-hydrogen) atoms. The molecule has 0 spiro atoms. The Balaban J connectivity index is 1.79. The van der Waals surface area contributed by atoms with E-state index in [4.69, 9.17) is 13.9 Å². The van der Waals surface area contributed by atoms with E-state index in [0.717, 1.165) is 4.47 Å². The maximum atomic E-state index is 13.7. The molecule has 10 heteroatoms. The van der Waals surface area contributed by atoms with Gasteiger partial charge in [-0.05, 0) is 49.7 Å². The smallest absolute Gasteiger partial charge is 0.297 e. The molecule has 1 atom stereocenters. The number of rotatable bonds is 5. The number of methoxy groups -OCH3 is 1. The Morgan fingerprint density at radius 1 is 1.15 bits per heavy atom. The number of carbonyl (C=O) groups is 1. The van der Waals surface area contributed by atoms with Crippen LogP contribution in [0.2, 0.25) is 0 Å². The van der Waals surface area contributed by atoms with Gasteiger partial charge in [0.25, 0.3) is 5.91 Å². The van der Waals surface area contributed by atoms with E-state index in [1.807, 2.05) is 13.0 Å². The minimum Gasteiger partial charge on any atom is -0.493 e. The number of ether oxygens (including phenoxy) is 2. The fraction of sp³-hybridized carbons (Fsp3) is 0.217. The minimum atomic E-state index is -0.760. The van der Waals surface area contributed by atoms with Gasteiger partial charge in [0.15, 0.2) is 16.9 Å². The molecule has 8 nitrogen and oxygen atoms in total. The summed E-state index contributed by atoms with van der Waals surface area (Å²) in [4.78, 5) is 28.7. The molecule has 168 valence electrons. The summed E-state index contributed by atoms with van der Waals surface area (Å²) in [7, 11) is 1.54. The number of aryl methyl sites for hydroxylation is 1. The van der Waals surface area contributed by atoms with Crippen molar-refractivity contribution in [2.75, 3.05) is 18.6 Å². The number of fused-ring (bicyclic) bond motifs is 2. The number of aromatic nitrogens is 2. The van der Waals surface area contributed by atoms with E-state index in [0.29, 0.717) is 44.8 Å². The summed E-state index contributed by atoms with van der Waals surface area (Å²) in [6.07, 6.45) is 0. The van der Waals surface area contributed by atoms with Gasteiger partial charge in [0.1, 0.15) is 10.6 Å². The van der Waals surface area contributed by atoms with Crippen LogP contribution >= 0.6 is 27.3 Å². The Labute approximate surface area is 200 Å². The number of nitrogens with zero attached hydrogens (tertiary/aromatic N) is 3. The van der Waals surface area contributed by atoms with Crippen LogP contribution in [0.5, 0.6) is 11.5 Å². The van der Waals surface area contributed by atoms with E-state index < -0.39 is 11.9 Å². The highest BCUT2D eigenvalue weighted by molar-refractivity contribution is 9.10. The van der Waals surface area contributed by atoms with E-state index in [1.54, 1.807) is 44.4 Å². The van der Waals surface area contributed by atoms with Gasteiger partial charge in [-0.15, -0.1) is 10.2 Å². The molecule has 5 rings (SSSR count). The van der Waals surface area contributed by atoms with Crippen LogP contribution in [-0.4, -0.2) is 29.8 Å². The van der Waals surface area contributed by atoms with E-state index in [2.05, 4.69) is 26.1 Å². The molecule has 4 aromatic rings. The maximum absolute atomic E-state index is 13.7. The molecule has 0 aliphatic carbocycles. The lowest BCUT2D eigenvalue weighted by atomic mass is 9.98. The molecule has 0 N–H and O–H groups in total. The summed E-state index contributed by atoms with van der Waals surface area (Å²) in [5, 5.41) is 9.70. The normalized spacial score (nSPS) is 15.2. The lowest BCUT2D eigenvalue weighted by molar-refractivity contribution is 0.0970. The van der Waals surface area contributed by atoms with Gasteiger partial charge >= 0.3 is 0 Å². The Hall–Kier alpha value is -3.24. The molecule has 0 saturated heterocycles. The molecule has 0 bridgehead atoms. The Kier molecular flexibility index (Phi) is 5.41. The molecule has 1 aliphatic heterocycles. The lowest BCUT2D eigenvalue weighted by Gasteiger charge is -2.23. The molecule has 0 radical (unpaired) electrons. The van der Waals surface area contributed by atoms with Crippen LogP contribution in [0.15, 0.2) is 50.1 Å². The first-order valence-electron chi connectivity index (χ1n) is 10.1. The maximum Gasteiger partial charge on any atom is 0.297 e. The van der Waals surface area contributed by atoms with Gasteiger partial charge in [-0.2, -0.15) is 0 Å². The summed E-state index contributed by atoms with van der Waals surface area (Å²) in [6, 6.07) is 9.71. The molecule has 1 aliphatic rings. The standard InChI is InChI=1S/C23H18BrN3O5S/c1-4-31-16-7-5-12(9-17(16)30-3)19-18-20(28)14-10-13(24)6-8-15(14)32-21(18)22(29)27(19)23-26-25-11(2)33-23/h5-10,19H,4H2,1-3H3. The van der Waals surface area contributed by atoms with E-state index in [1.165, 1.54) is 16.2 Å². The molecule has 1 unspecified atom stereocenters. The first kappa shape index (κ1) is 21.6. The third-order valence-corrected chi connectivity index (χ3v) is 6.69. The molecule has 2 aromatic carbocycles. The first-order valence-corrected chi connectivity index (χ1v) is 11.7. The van der Waals surface area contributed by atoms with Crippen LogP contribution < -0.4 is 19.8 Å². The fourth-order valence-electron chi connectivity index (χ4n) is 3.97. The predicted molar refractivity (Wildman–Crippen MR) is 128 cm³/mol. The van der Waals surface area contributed by atoms with Crippen LogP contribution in [0, 0.1) is 6.92 Å². The van der Waals surface area contributed by atoms with Crippen molar-refractivity contribution in [1.29, 1.82) is 0 Å². The molecule has 2 aromatic heterocycles. The predicted octanol–water partition coefficient (Wildman–Crippen LogP) is 4.87. The Bertz CT molecular complexity index is 1460. The zero-order chi connectivity index (χ0) is 23.3. The summed E-state index contributed by atoms with van der Waals surface area (Å²) in [6.45, 7) is 4.16. The zero-order valence-electron chi connectivity index (χ0n) is 17.9. The number of hydrogen-bond acceptors (Lipinski definition) is 8. The van der Waals surface area contributed by atoms with Gasteiger partial charge < -0.3 is 13.9 Å². The van der Waals surface area contributed by atoms with Crippen molar-refractivity contribution in [2.24, 2.45) is 0 Å². The van der Waals surface area contributed by atoms with Gasteiger partial charge in [-0.1, -0.05) is 33.3 Å². The van der Waals surface area contributed by atoms with E-state index in [9.17, 15) is 9.59 Å². The zero-order valence-corrected chi connectivity index (χ0v) is 20.3. The number of amides is 1. The molecule has 3 heterocycles. The highest BCUT2D eigenvalue weighted by atomic mass is 79.9. The lowest BCUT2D eigenvalue weighted by Crippen LogP contribution is -2.29. The van der Waals surface area contributed by atoms with Crippen molar-refractivity contribution >= 4 is 49.3 Å². The van der Waals surface area contributed by atoms with E-state index >= 15 is 0 Å². The highest BCUT2D eigenvalue weighted by Crippen LogP contribution is 2.44. The second kappa shape index (κ2) is 8.27. The van der Waals surface area contributed by atoms with Crippen LogP contribution in [-0.2, 0) is 0 Å². The Morgan fingerprint density at radius 2 is 1.97 bits per heavy atom. The van der Waals surface area contributed by atoms with Gasteiger partial charge in [0, 0.05) is 4.47 Å². The summed E-state index contributed by atoms with van der Waals surface area (Å²) in [5.74, 6) is 0.624. The number of carbonyl (C=O) groups excluding carboxylic acids is 1. The third kappa shape index (κ3) is 3.50. The largest absolute Gasteiger partial charge is 0.493 e. The average Bonchev–Trinajstić information content (AvgIpc) is 3.36. The van der Waals surface area contributed by atoms with Crippen LogP contribution in [0.1, 0.15) is 39.7 Å². The second-order valence-electron chi connectivity index (χ2n) is 7.34. The SMILES string of the molecule is CCOc1ccc(C2c3c(oc4ccc(Br)cc4c3=O)C(=O)N2c2nnc(C)s2)cc1OC. The van der Waals surface area contributed by atoms with Gasteiger partial charge in [0.2, 0.25) is 10.9 Å². The molecular formula is C23H18BrN3O5S. The number of hydrogen-bond donors (Lipinski definition) is 0. The summed E-state index contributed by atoms with van der Waals surface area (Å²) < 4.78 is 17.9. The second-order valence-corrected chi connectivity index (χ2v) is 9.41. The van der Waals surface area contributed by atoms with Crippen LogP contribution in [0.3, 0.4) is 0 Å². The molecular weight excluding hydrogens is 510 g/mol. The van der Waals surface area contributed by atoms with Crippen molar-refractivity contribution < 1.29 is 18.7 Å². The van der Waals surface area contributed by atoms with Crippen LogP contribution in [0.4, 0.5) is 5.13 Å². The van der Waals surface area contributed by atoms with E-state index in [-0.39, 0.29) is 16.8 Å². The minimum absolute atomic E-state index is 0.000488. The van der Waals surface area contributed by atoms with Crippen molar-refractivity contribution in [3.63, 3.8) is 0 Å². The third-order valence-electron chi connectivity index (χ3n) is 5.36. The highest BCUT2D eigenvalue weighted by Gasteiger charge is 2.45. The summed E-state index contributed by atoms with van der Waals surface area (Å²) in [5.41, 5.74) is 0.984. The topological polar surface area (TPSA) is 94.8 Å². The first-order chi connectivity index (χ1) is 15.9. The van der Waals surface area contributed by atoms with Gasteiger partial charge in [0.05, 0.1) is 30.7 Å². The van der Waals surface area contributed by atoms with Crippen molar-refractivity contribution in [1.82, 2.24) is 10.2 Å². The molecule has 0 fully saturated rings. The number of benzene rings is 2. The fourth-order valence-corrected chi connectivity index (χ4v) is 5.05. The quantitative estimate of drug-likeness (QED) is 0.365. The molecule has 0 saturated carbocycles.